The van der Waals surface area contributed by atoms with Gasteiger partial charge in [-0.1, -0.05) is 0 Å². The molecule has 2 aromatic heterocycles. The van der Waals surface area contributed by atoms with Crippen LogP contribution in [0.1, 0.15) is 18.7 Å². The van der Waals surface area contributed by atoms with Crippen LogP contribution in [0.2, 0.25) is 0 Å². The summed E-state index contributed by atoms with van der Waals surface area (Å²) in [4.78, 5) is 11.6. The van der Waals surface area contributed by atoms with Gasteiger partial charge >= 0.3 is 0 Å². The van der Waals surface area contributed by atoms with Gasteiger partial charge in [0.2, 0.25) is 0 Å². The highest BCUT2D eigenvalue weighted by Gasteiger charge is 2.41. The van der Waals surface area contributed by atoms with E-state index in [1.807, 2.05) is 6.92 Å². The van der Waals surface area contributed by atoms with Crippen LogP contribution in [0.25, 0.3) is 10.2 Å². The molecule has 0 bridgehead atoms. The SMILES string of the molecule is Cc1nc(N2CCOC3C[C@H](CO)C[C@@H]32)c2sccc2n1. The van der Waals surface area contributed by atoms with Gasteiger partial charge in [0.15, 0.2) is 5.82 Å². The van der Waals surface area contributed by atoms with Crippen LogP contribution in [0, 0.1) is 12.8 Å². The number of anilines is 1. The van der Waals surface area contributed by atoms with E-state index in [0.717, 1.165) is 47.9 Å². The first-order valence-corrected chi connectivity index (χ1v) is 8.35. The Labute approximate surface area is 127 Å². The first-order chi connectivity index (χ1) is 10.3. The van der Waals surface area contributed by atoms with Gasteiger partial charge in [-0.05, 0) is 37.1 Å². The van der Waals surface area contributed by atoms with Crippen molar-refractivity contribution in [3.05, 3.63) is 17.3 Å². The van der Waals surface area contributed by atoms with Crippen molar-refractivity contribution in [1.29, 1.82) is 0 Å². The molecule has 0 amide bonds. The van der Waals surface area contributed by atoms with Crippen LogP contribution < -0.4 is 4.90 Å². The van der Waals surface area contributed by atoms with Crippen molar-refractivity contribution >= 4 is 27.4 Å². The summed E-state index contributed by atoms with van der Waals surface area (Å²) >= 11 is 1.70. The van der Waals surface area contributed by atoms with E-state index in [-0.39, 0.29) is 12.7 Å². The molecule has 3 heterocycles. The molecule has 0 radical (unpaired) electrons. The zero-order chi connectivity index (χ0) is 14.4. The highest BCUT2D eigenvalue weighted by Crippen LogP contribution is 2.38. The number of aliphatic hydroxyl groups excluding tert-OH is 1. The Morgan fingerprint density at radius 2 is 2.33 bits per heavy atom. The molecule has 6 heteroatoms. The number of ether oxygens (including phenoxy) is 1. The molecule has 5 nitrogen and oxygen atoms in total. The Hall–Kier alpha value is -1.24. The van der Waals surface area contributed by atoms with Gasteiger partial charge in [0.1, 0.15) is 5.82 Å². The lowest BCUT2D eigenvalue weighted by Crippen LogP contribution is -2.49. The summed E-state index contributed by atoms with van der Waals surface area (Å²) in [7, 11) is 0. The first kappa shape index (κ1) is 13.4. The van der Waals surface area contributed by atoms with Crippen LogP contribution in [0.5, 0.6) is 0 Å². The maximum atomic E-state index is 9.46. The summed E-state index contributed by atoms with van der Waals surface area (Å²) in [6.45, 7) is 3.79. The average molecular weight is 305 g/mol. The zero-order valence-electron chi connectivity index (χ0n) is 12.0. The van der Waals surface area contributed by atoms with Crippen LogP contribution in [0.15, 0.2) is 11.4 Å². The number of aromatic nitrogens is 2. The van der Waals surface area contributed by atoms with Crippen molar-refractivity contribution in [1.82, 2.24) is 9.97 Å². The molecular weight excluding hydrogens is 286 g/mol. The minimum Gasteiger partial charge on any atom is -0.396 e. The standard InChI is InChI=1S/C15H19N3O2S/c1-9-16-11-2-5-21-14(11)15(17-9)18-3-4-20-13-7-10(8-19)6-12(13)18/h2,5,10,12-13,19H,3-4,6-8H2,1H3/t10-,12+,13?/m1/s1. The first-order valence-electron chi connectivity index (χ1n) is 7.47. The molecule has 0 spiro atoms. The van der Waals surface area contributed by atoms with E-state index < -0.39 is 0 Å². The summed E-state index contributed by atoms with van der Waals surface area (Å²) in [5.74, 6) is 2.21. The Morgan fingerprint density at radius 3 is 3.19 bits per heavy atom. The smallest absolute Gasteiger partial charge is 0.150 e. The highest BCUT2D eigenvalue weighted by molar-refractivity contribution is 7.17. The predicted octanol–water partition coefficient (Wildman–Crippen LogP) is 1.98. The van der Waals surface area contributed by atoms with Gasteiger partial charge in [-0.3, -0.25) is 0 Å². The fourth-order valence-corrected chi connectivity index (χ4v) is 4.45. The van der Waals surface area contributed by atoms with Gasteiger partial charge in [0.05, 0.1) is 29.0 Å². The number of hydrogen-bond acceptors (Lipinski definition) is 6. The number of aryl methyl sites for hydroxylation is 1. The van der Waals surface area contributed by atoms with Gasteiger partial charge in [-0.15, -0.1) is 11.3 Å². The van der Waals surface area contributed by atoms with Gasteiger partial charge in [-0.25, -0.2) is 9.97 Å². The maximum Gasteiger partial charge on any atom is 0.150 e. The molecule has 3 atom stereocenters. The number of aliphatic hydroxyl groups is 1. The maximum absolute atomic E-state index is 9.46. The van der Waals surface area contributed by atoms with E-state index >= 15 is 0 Å². The minimum absolute atomic E-state index is 0.223. The molecule has 0 aromatic carbocycles. The fraction of sp³-hybridized carbons (Fsp3) is 0.600. The molecule has 2 aliphatic rings. The lowest BCUT2D eigenvalue weighted by Gasteiger charge is -2.38. The molecule has 4 rings (SSSR count). The van der Waals surface area contributed by atoms with E-state index in [1.54, 1.807) is 11.3 Å². The number of fused-ring (bicyclic) bond motifs is 2. The van der Waals surface area contributed by atoms with Gasteiger partial charge < -0.3 is 14.7 Å². The number of hydrogen-bond donors (Lipinski definition) is 1. The van der Waals surface area contributed by atoms with Gasteiger partial charge in [0.25, 0.3) is 0 Å². The molecule has 1 saturated carbocycles. The topological polar surface area (TPSA) is 58.5 Å². The molecule has 1 aliphatic heterocycles. The summed E-state index contributed by atoms with van der Waals surface area (Å²) in [6.07, 6.45) is 2.16. The van der Waals surface area contributed by atoms with Crippen molar-refractivity contribution in [3.63, 3.8) is 0 Å². The molecule has 1 N–H and O–H groups in total. The minimum atomic E-state index is 0.223. The Bertz CT molecular complexity index is 659. The summed E-state index contributed by atoms with van der Waals surface area (Å²) in [5.41, 5.74) is 1.03. The third-order valence-electron chi connectivity index (χ3n) is 4.56. The Morgan fingerprint density at radius 1 is 1.43 bits per heavy atom. The van der Waals surface area contributed by atoms with Gasteiger partial charge in [0, 0.05) is 13.2 Å². The van der Waals surface area contributed by atoms with Crippen LogP contribution >= 0.6 is 11.3 Å². The zero-order valence-corrected chi connectivity index (χ0v) is 12.8. The normalized spacial score (nSPS) is 29.0. The average Bonchev–Trinajstić information content (AvgIpc) is 3.11. The van der Waals surface area contributed by atoms with Crippen LogP contribution in [-0.2, 0) is 4.74 Å². The lowest BCUT2D eigenvalue weighted by molar-refractivity contribution is 0.0229. The van der Waals surface area contributed by atoms with Crippen LogP contribution in [0.4, 0.5) is 5.82 Å². The van der Waals surface area contributed by atoms with E-state index in [9.17, 15) is 5.11 Å². The van der Waals surface area contributed by atoms with Crippen LogP contribution in [-0.4, -0.2) is 47.0 Å². The van der Waals surface area contributed by atoms with E-state index in [4.69, 9.17) is 9.72 Å². The lowest BCUT2D eigenvalue weighted by atomic mass is 10.1. The quantitative estimate of drug-likeness (QED) is 0.919. The molecule has 2 fully saturated rings. The van der Waals surface area contributed by atoms with E-state index in [0.29, 0.717) is 12.0 Å². The van der Waals surface area contributed by atoms with E-state index in [1.165, 1.54) is 0 Å². The second-order valence-corrected chi connectivity index (χ2v) is 6.84. The van der Waals surface area contributed by atoms with Crippen molar-refractivity contribution in [2.75, 3.05) is 24.7 Å². The number of rotatable bonds is 2. The molecule has 112 valence electrons. The Kier molecular flexibility index (Phi) is 3.32. The molecule has 1 saturated heterocycles. The second kappa shape index (κ2) is 5.19. The predicted molar refractivity (Wildman–Crippen MR) is 82.8 cm³/mol. The second-order valence-electron chi connectivity index (χ2n) is 5.92. The monoisotopic (exact) mass is 305 g/mol. The summed E-state index contributed by atoms with van der Waals surface area (Å²) < 4.78 is 7.08. The van der Waals surface area contributed by atoms with E-state index in [2.05, 4.69) is 21.3 Å². The largest absolute Gasteiger partial charge is 0.396 e. The van der Waals surface area contributed by atoms with Gasteiger partial charge in [-0.2, -0.15) is 0 Å². The fourth-order valence-electron chi connectivity index (χ4n) is 3.62. The van der Waals surface area contributed by atoms with Crippen molar-refractivity contribution in [2.45, 2.75) is 31.9 Å². The molecule has 1 aliphatic carbocycles. The summed E-state index contributed by atoms with van der Waals surface area (Å²) in [6, 6.07) is 2.39. The highest BCUT2D eigenvalue weighted by atomic mass is 32.1. The number of morpholine rings is 1. The third-order valence-corrected chi connectivity index (χ3v) is 5.46. The molecular formula is C15H19N3O2S. The third kappa shape index (κ3) is 2.22. The Balaban J connectivity index is 1.75. The van der Waals surface area contributed by atoms with Crippen LogP contribution in [0.3, 0.4) is 0 Å². The molecule has 21 heavy (non-hydrogen) atoms. The molecule has 2 aromatic rings. The van der Waals surface area contributed by atoms with Crippen molar-refractivity contribution < 1.29 is 9.84 Å². The van der Waals surface area contributed by atoms with Crippen molar-refractivity contribution in [2.24, 2.45) is 5.92 Å². The summed E-state index contributed by atoms with van der Waals surface area (Å²) in [5, 5.41) is 11.5. The number of thiophene rings is 1. The molecule has 1 unspecified atom stereocenters. The number of nitrogens with zero attached hydrogens (tertiary/aromatic N) is 3. The van der Waals surface area contributed by atoms with Crippen molar-refractivity contribution in [3.8, 4) is 0 Å².